The fourth-order valence-corrected chi connectivity index (χ4v) is 7.16. The lowest BCUT2D eigenvalue weighted by Crippen LogP contribution is -2.53. The average molecular weight is 750 g/mol. The fraction of sp³-hybridized carbons (Fsp3) is 0.894. The maximum absolute atomic E-state index is 12.5. The summed E-state index contributed by atoms with van der Waals surface area (Å²) in [6, 6.07) is -1.00. The molecular formula is C47H91NO5. The van der Waals surface area contributed by atoms with Crippen molar-refractivity contribution < 1.29 is 25.2 Å². The smallest absolute Gasteiger partial charge is 0.249 e. The summed E-state index contributed by atoms with van der Waals surface area (Å²) in [5.41, 5.74) is 0. The van der Waals surface area contributed by atoms with Gasteiger partial charge in [0.15, 0.2) is 0 Å². The minimum absolute atomic E-state index is 0.350. The highest BCUT2D eigenvalue weighted by Crippen LogP contribution is 2.16. The molecule has 0 aliphatic carbocycles. The summed E-state index contributed by atoms with van der Waals surface area (Å²) in [5.74, 6) is -0.601. The second kappa shape index (κ2) is 41.9. The lowest BCUT2D eigenvalue weighted by molar-refractivity contribution is -0.132. The summed E-state index contributed by atoms with van der Waals surface area (Å²) >= 11 is 0. The molecular weight excluding hydrogens is 659 g/mol. The monoisotopic (exact) mass is 750 g/mol. The van der Waals surface area contributed by atoms with Crippen molar-refractivity contribution in [1.82, 2.24) is 5.32 Å². The Hall–Kier alpha value is -1.21. The van der Waals surface area contributed by atoms with E-state index in [4.69, 9.17) is 0 Å². The van der Waals surface area contributed by atoms with Gasteiger partial charge in [-0.25, -0.2) is 0 Å². The molecule has 0 aromatic rings. The Kier molecular flexibility index (Phi) is 41.0. The van der Waals surface area contributed by atoms with Crippen LogP contribution >= 0.6 is 0 Å². The molecule has 0 heterocycles. The molecule has 0 fully saturated rings. The highest BCUT2D eigenvalue weighted by molar-refractivity contribution is 5.80. The van der Waals surface area contributed by atoms with Gasteiger partial charge in [0.05, 0.1) is 18.8 Å². The van der Waals surface area contributed by atoms with Crippen LogP contribution in [0, 0.1) is 0 Å². The lowest BCUT2D eigenvalue weighted by atomic mass is 10.00. The predicted molar refractivity (Wildman–Crippen MR) is 228 cm³/mol. The summed E-state index contributed by atoms with van der Waals surface area (Å²) in [6.45, 7) is 4.04. The molecule has 4 atom stereocenters. The largest absolute Gasteiger partial charge is 0.394 e. The van der Waals surface area contributed by atoms with E-state index in [2.05, 4.69) is 43.5 Å². The van der Waals surface area contributed by atoms with E-state index in [-0.39, 0.29) is 0 Å². The van der Waals surface area contributed by atoms with Crippen molar-refractivity contribution in [1.29, 1.82) is 0 Å². The quantitative estimate of drug-likeness (QED) is 0.0315. The van der Waals surface area contributed by atoms with Crippen LogP contribution in [0.1, 0.15) is 239 Å². The number of carbonyl (C=O) groups excluding carboxylic acids is 1. The number of aliphatic hydroxyl groups is 4. The van der Waals surface area contributed by atoms with Gasteiger partial charge in [-0.3, -0.25) is 4.79 Å². The third-order valence-corrected chi connectivity index (χ3v) is 10.9. The Morgan fingerprint density at radius 3 is 1.13 bits per heavy atom. The normalized spacial score (nSPS) is 14.3. The molecule has 0 rings (SSSR count). The van der Waals surface area contributed by atoms with Gasteiger partial charge in [-0.2, -0.15) is 0 Å². The molecule has 0 saturated heterocycles. The molecule has 0 saturated carbocycles. The summed E-state index contributed by atoms with van der Waals surface area (Å²) in [7, 11) is 0. The minimum Gasteiger partial charge on any atom is -0.394 e. The molecule has 0 spiro atoms. The van der Waals surface area contributed by atoms with Crippen molar-refractivity contribution in [3.63, 3.8) is 0 Å². The number of nitrogens with one attached hydrogen (secondary N) is 1. The van der Waals surface area contributed by atoms with E-state index < -0.39 is 36.9 Å². The first-order valence-electron chi connectivity index (χ1n) is 23.2. The molecule has 6 heteroatoms. The molecule has 1 amide bonds. The van der Waals surface area contributed by atoms with Crippen LogP contribution in [0.4, 0.5) is 0 Å². The molecule has 5 N–H and O–H groups in total. The lowest BCUT2D eigenvalue weighted by Gasteiger charge is -2.27. The summed E-state index contributed by atoms with van der Waals surface area (Å²) in [4.78, 5) is 12.5. The second-order valence-electron chi connectivity index (χ2n) is 16.1. The molecule has 0 radical (unpaired) electrons. The van der Waals surface area contributed by atoms with Crippen LogP contribution in [-0.4, -0.2) is 57.3 Å². The number of amides is 1. The number of hydrogen-bond donors (Lipinski definition) is 5. The maximum atomic E-state index is 12.5. The summed E-state index contributed by atoms with van der Waals surface area (Å²) in [6.07, 6.45) is 47.9. The van der Waals surface area contributed by atoms with Gasteiger partial charge in [-0.15, -0.1) is 0 Å². The van der Waals surface area contributed by atoms with Crippen LogP contribution in [0.5, 0.6) is 0 Å². The molecule has 4 unspecified atom stereocenters. The summed E-state index contributed by atoms with van der Waals surface area (Å²) in [5, 5.41) is 43.7. The van der Waals surface area contributed by atoms with Gasteiger partial charge in [0.25, 0.3) is 0 Å². The predicted octanol–water partition coefficient (Wildman–Crippen LogP) is 12.4. The van der Waals surface area contributed by atoms with Crippen LogP contribution in [0.3, 0.4) is 0 Å². The Morgan fingerprint density at radius 2 is 0.774 bits per heavy atom. The molecule has 0 aliphatic rings. The molecule has 314 valence electrons. The Balaban J connectivity index is 3.74. The topological polar surface area (TPSA) is 110 Å². The number of rotatable bonds is 42. The number of carbonyl (C=O) groups is 1. The SMILES string of the molecule is CCCCCCCCC/C=C\CCCCCCC(O)C(=O)NC(CO)C(O)C(O)CCC/C=C/CCCCCCCCCCCCCCCCCCC. The molecule has 0 bridgehead atoms. The first-order valence-corrected chi connectivity index (χ1v) is 23.2. The van der Waals surface area contributed by atoms with Gasteiger partial charge in [-0.05, 0) is 64.2 Å². The minimum atomic E-state index is -1.28. The number of allylic oxidation sites excluding steroid dienone is 4. The Labute approximate surface area is 329 Å². The van der Waals surface area contributed by atoms with E-state index >= 15 is 0 Å². The van der Waals surface area contributed by atoms with Crippen LogP contribution in [0.15, 0.2) is 24.3 Å². The van der Waals surface area contributed by atoms with E-state index in [9.17, 15) is 25.2 Å². The first-order chi connectivity index (χ1) is 26.0. The van der Waals surface area contributed by atoms with Crippen molar-refractivity contribution in [2.24, 2.45) is 0 Å². The van der Waals surface area contributed by atoms with Gasteiger partial charge in [-0.1, -0.05) is 199 Å². The zero-order chi connectivity index (χ0) is 38.9. The van der Waals surface area contributed by atoms with E-state index in [1.165, 1.54) is 161 Å². The Bertz CT molecular complexity index is 802. The molecule has 0 aromatic heterocycles. The van der Waals surface area contributed by atoms with Crippen LogP contribution in [0.25, 0.3) is 0 Å². The highest BCUT2D eigenvalue weighted by Gasteiger charge is 2.28. The van der Waals surface area contributed by atoms with E-state index in [0.717, 1.165) is 51.4 Å². The van der Waals surface area contributed by atoms with Gasteiger partial charge in [0, 0.05) is 0 Å². The van der Waals surface area contributed by atoms with Crippen molar-refractivity contribution in [3.05, 3.63) is 24.3 Å². The van der Waals surface area contributed by atoms with Gasteiger partial charge < -0.3 is 25.7 Å². The summed E-state index contributed by atoms with van der Waals surface area (Å²) < 4.78 is 0. The van der Waals surface area contributed by atoms with Crippen molar-refractivity contribution in [2.75, 3.05) is 6.61 Å². The van der Waals surface area contributed by atoms with Crippen molar-refractivity contribution >= 4 is 5.91 Å². The maximum Gasteiger partial charge on any atom is 0.249 e. The number of hydrogen-bond acceptors (Lipinski definition) is 5. The highest BCUT2D eigenvalue weighted by atomic mass is 16.3. The first kappa shape index (κ1) is 51.8. The van der Waals surface area contributed by atoms with Crippen LogP contribution in [-0.2, 0) is 4.79 Å². The van der Waals surface area contributed by atoms with Crippen LogP contribution < -0.4 is 5.32 Å². The molecule has 0 aromatic carbocycles. The standard InChI is InChI=1S/C47H91NO5/c1-3-5-7-9-11-13-15-17-19-20-21-22-23-24-25-27-28-30-32-34-36-38-40-44(50)46(52)43(42-49)48-47(53)45(51)41-39-37-35-33-31-29-26-18-16-14-12-10-8-6-4-2/h26,29,32,34,43-46,49-52H,3-25,27-28,30-31,33,35-42H2,1-2H3,(H,48,53)/b29-26-,34-32+. The van der Waals surface area contributed by atoms with Crippen molar-refractivity contribution in [3.8, 4) is 0 Å². The van der Waals surface area contributed by atoms with E-state index in [0.29, 0.717) is 12.8 Å². The van der Waals surface area contributed by atoms with E-state index in [1.807, 2.05) is 0 Å². The molecule has 53 heavy (non-hydrogen) atoms. The number of aliphatic hydroxyl groups excluding tert-OH is 4. The van der Waals surface area contributed by atoms with Crippen LogP contribution in [0.2, 0.25) is 0 Å². The van der Waals surface area contributed by atoms with E-state index in [1.54, 1.807) is 0 Å². The second-order valence-corrected chi connectivity index (χ2v) is 16.1. The third-order valence-electron chi connectivity index (χ3n) is 10.9. The van der Waals surface area contributed by atoms with Crippen molar-refractivity contribution in [2.45, 2.75) is 263 Å². The fourth-order valence-electron chi connectivity index (χ4n) is 7.16. The van der Waals surface area contributed by atoms with Gasteiger partial charge in [0.1, 0.15) is 12.2 Å². The zero-order valence-electron chi connectivity index (χ0n) is 35.3. The third kappa shape index (κ3) is 36.2. The molecule has 0 aliphatic heterocycles. The Morgan fingerprint density at radius 1 is 0.453 bits per heavy atom. The number of unbranched alkanes of at least 4 members (excludes halogenated alkanes) is 29. The average Bonchev–Trinajstić information content (AvgIpc) is 3.16. The molecule has 6 nitrogen and oxygen atoms in total. The van der Waals surface area contributed by atoms with Gasteiger partial charge in [0.2, 0.25) is 5.91 Å². The zero-order valence-corrected chi connectivity index (χ0v) is 35.3. The van der Waals surface area contributed by atoms with Gasteiger partial charge >= 0.3 is 0 Å².